The van der Waals surface area contributed by atoms with E-state index in [4.69, 9.17) is 4.99 Å². The molecule has 152 valence electrons. The van der Waals surface area contributed by atoms with Gasteiger partial charge in [-0.2, -0.15) is 0 Å². The summed E-state index contributed by atoms with van der Waals surface area (Å²) in [7, 11) is 0. The Labute approximate surface area is 185 Å². The summed E-state index contributed by atoms with van der Waals surface area (Å²) in [5.41, 5.74) is 5.10. The molecule has 0 amide bonds. The quantitative estimate of drug-likeness (QED) is 0.448. The summed E-state index contributed by atoms with van der Waals surface area (Å²) < 4.78 is 16.6. The molecule has 0 saturated carbocycles. The van der Waals surface area contributed by atoms with Gasteiger partial charge in [0.05, 0.1) is 16.3 Å². The van der Waals surface area contributed by atoms with E-state index >= 15 is 0 Å². The van der Waals surface area contributed by atoms with Crippen molar-refractivity contribution < 1.29 is 4.39 Å². The summed E-state index contributed by atoms with van der Waals surface area (Å²) in [6.45, 7) is 0. The molecule has 4 aromatic rings. The van der Waals surface area contributed by atoms with Crippen LogP contribution in [0, 0.1) is 5.82 Å². The summed E-state index contributed by atoms with van der Waals surface area (Å²) in [6.07, 6.45) is 3.61. The summed E-state index contributed by atoms with van der Waals surface area (Å²) >= 11 is 2.99. The van der Waals surface area contributed by atoms with Crippen LogP contribution in [0.3, 0.4) is 0 Å². The van der Waals surface area contributed by atoms with Crippen molar-refractivity contribution in [3.8, 4) is 0 Å². The van der Waals surface area contributed by atoms with Gasteiger partial charge in [0.1, 0.15) is 5.82 Å². The van der Waals surface area contributed by atoms with Gasteiger partial charge >= 0.3 is 0 Å². The van der Waals surface area contributed by atoms with Crippen LogP contribution in [0.25, 0.3) is 11.8 Å². The first-order valence-electron chi connectivity index (χ1n) is 10.1. The molecule has 0 fully saturated rings. The Kier molecular flexibility index (Phi) is 4.37. The van der Waals surface area contributed by atoms with E-state index in [1.165, 1.54) is 29.0 Å². The van der Waals surface area contributed by atoms with Gasteiger partial charge in [-0.1, -0.05) is 53.8 Å². The topological polar surface area (TPSA) is 34.4 Å². The smallest absolute Gasteiger partial charge is 0.271 e. The lowest BCUT2D eigenvalue weighted by atomic mass is 9.83. The number of allylic oxidation sites excluding steroid dienone is 1. The highest BCUT2D eigenvalue weighted by molar-refractivity contribution is 7.11. The Hall–Kier alpha value is -3.09. The molecule has 0 radical (unpaired) electrons. The average Bonchev–Trinajstić information content (AvgIpc) is 3.40. The molecule has 2 aliphatic rings. The van der Waals surface area contributed by atoms with E-state index in [9.17, 15) is 9.18 Å². The third-order valence-corrected chi connectivity index (χ3v) is 7.66. The number of halogens is 1. The number of nitrogens with zero attached hydrogens (tertiary/aromatic N) is 2. The molecule has 1 aliphatic carbocycles. The van der Waals surface area contributed by atoms with Gasteiger partial charge in [0.25, 0.3) is 5.56 Å². The first-order chi connectivity index (χ1) is 15.2. The molecule has 2 aromatic heterocycles. The Bertz CT molecular complexity index is 1530. The monoisotopic (exact) mass is 444 g/mol. The van der Waals surface area contributed by atoms with Gasteiger partial charge in [-0.3, -0.25) is 9.36 Å². The molecule has 0 N–H and O–H groups in total. The molecule has 0 saturated heterocycles. The SMILES string of the molecule is O=c1c(=Cc2cccs2)sc2n1C(c1cccc(F)c1)C1=C(N=2)c2ccccc2CC1. The second-order valence-corrected chi connectivity index (χ2v) is 9.67. The molecule has 1 unspecified atom stereocenters. The molecule has 1 atom stereocenters. The second kappa shape index (κ2) is 7.25. The maximum absolute atomic E-state index is 14.2. The minimum absolute atomic E-state index is 0.0724. The highest BCUT2D eigenvalue weighted by Crippen LogP contribution is 2.41. The van der Waals surface area contributed by atoms with E-state index in [-0.39, 0.29) is 17.4 Å². The standard InChI is InChI=1S/C25H17FN2OS2/c26-17-7-3-6-16(13-17)23-20-11-10-15-5-1-2-9-19(15)22(20)27-25-28(23)24(29)21(31-25)14-18-8-4-12-30-18/h1-9,12-14,23H,10-11H2. The van der Waals surface area contributed by atoms with Gasteiger partial charge in [0.15, 0.2) is 4.80 Å². The molecule has 3 nitrogen and oxygen atoms in total. The van der Waals surface area contributed by atoms with Gasteiger partial charge in [-0.05, 0) is 59.2 Å². The summed E-state index contributed by atoms with van der Waals surface area (Å²) in [6, 6.07) is 18.5. The number of rotatable bonds is 2. The van der Waals surface area contributed by atoms with Crippen LogP contribution >= 0.6 is 22.7 Å². The van der Waals surface area contributed by atoms with Crippen molar-refractivity contribution in [2.45, 2.75) is 18.9 Å². The first-order valence-corrected chi connectivity index (χ1v) is 11.8. The Balaban J connectivity index is 1.66. The van der Waals surface area contributed by atoms with Crippen molar-refractivity contribution in [2.75, 3.05) is 0 Å². The first kappa shape index (κ1) is 18.7. The van der Waals surface area contributed by atoms with E-state index in [1.54, 1.807) is 22.0 Å². The van der Waals surface area contributed by atoms with Crippen molar-refractivity contribution >= 4 is 34.4 Å². The number of benzene rings is 2. The predicted molar refractivity (Wildman–Crippen MR) is 123 cm³/mol. The zero-order valence-corrected chi connectivity index (χ0v) is 18.0. The normalized spacial score (nSPS) is 17.7. The highest BCUT2D eigenvalue weighted by Gasteiger charge is 2.32. The molecule has 2 aromatic carbocycles. The molecule has 6 rings (SSSR count). The maximum atomic E-state index is 14.2. The maximum Gasteiger partial charge on any atom is 0.271 e. The number of hydrogen-bond acceptors (Lipinski definition) is 4. The van der Waals surface area contributed by atoms with Gasteiger partial charge in [0.2, 0.25) is 0 Å². The number of aryl methyl sites for hydroxylation is 1. The molecule has 3 heterocycles. The van der Waals surface area contributed by atoms with Crippen molar-refractivity contribution in [2.24, 2.45) is 4.99 Å². The number of aromatic nitrogens is 1. The molecule has 31 heavy (non-hydrogen) atoms. The lowest BCUT2D eigenvalue weighted by Gasteiger charge is -2.30. The van der Waals surface area contributed by atoms with E-state index in [0.29, 0.717) is 9.33 Å². The lowest BCUT2D eigenvalue weighted by molar-refractivity contribution is 0.574. The van der Waals surface area contributed by atoms with E-state index < -0.39 is 0 Å². The fourth-order valence-corrected chi connectivity index (χ4v) is 6.23. The van der Waals surface area contributed by atoms with Crippen LogP contribution in [-0.4, -0.2) is 4.57 Å². The van der Waals surface area contributed by atoms with E-state index in [1.807, 2.05) is 41.8 Å². The fourth-order valence-electron chi connectivity index (χ4n) is 4.50. The zero-order chi connectivity index (χ0) is 20.9. The number of fused-ring (bicyclic) bond motifs is 3. The fraction of sp³-hybridized carbons (Fsp3) is 0.120. The molecular formula is C25H17FN2OS2. The minimum Gasteiger partial charge on any atom is -0.272 e. The molecule has 0 bridgehead atoms. The zero-order valence-electron chi connectivity index (χ0n) is 16.4. The summed E-state index contributed by atoms with van der Waals surface area (Å²) in [5, 5.41) is 1.99. The van der Waals surface area contributed by atoms with Crippen molar-refractivity contribution in [3.63, 3.8) is 0 Å². The van der Waals surface area contributed by atoms with Crippen molar-refractivity contribution in [3.05, 3.63) is 119 Å². The van der Waals surface area contributed by atoms with Gasteiger partial charge < -0.3 is 0 Å². The van der Waals surface area contributed by atoms with Crippen LogP contribution in [0.15, 0.2) is 81.4 Å². The average molecular weight is 445 g/mol. The van der Waals surface area contributed by atoms with E-state index in [0.717, 1.165) is 40.1 Å². The largest absolute Gasteiger partial charge is 0.272 e. The third kappa shape index (κ3) is 3.06. The number of thiazole rings is 1. The third-order valence-electron chi connectivity index (χ3n) is 5.85. The molecular weight excluding hydrogens is 427 g/mol. The Morgan fingerprint density at radius 1 is 1.06 bits per heavy atom. The lowest BCUT2D eigenvalue weighted by Crippen LogP contribution is -2.38. The van der Waals surface area contributed by atoms with Crippen LogP contribution < -0.4 is 14.9 Å². The van der Waals surface area contributed by atoms with Crippen LogP contribution in [-0.2, 0) is 6.42 Å². The minimum atomic E-state index is -0.346. The number of thiophene rings is 1. The molecule has 0 spiro atoms. The van der Waals surface area contributed by atoms with Crippen molar-refractivity contribution in [1.29, 1.82) is 0 Å². The number of hydrogen-bond donors (Lipinski definition) is 0. The van der Waals surface area contributed by atoms with Crippen molar-refractivity contribution in [1.82, 2.24) is 4.57 Å². The molecule has 1 aliphatic heterocycles. The second-order valence-electron chi connectivity index (χ2n) is 7.68. The van der Waals surface area contributed by atoms with Crippen LogP contribution in [0.4, 0.5) is 4.39 Å². The Morgan fingerprint density at radius 3 is 2.81 bits per heavy atom. The van der Waals surface area contributed by atoms with Gasteiger partial charge in [-0.15, -0.1) is 11.3 Å². The highest BCUT2D eigenvalue weighted by atomic mass is 32.1. The van der Waals surface area contributed by atoms with Crippen LogP contribution in [0.2, 0.25) is 0 Å². The summed E-state index contributed by atoms with van der Waals surface area (Å²) in [5.74, 6) is -0.298. The van der Waals surface area contributed by atoms with Gasteiger partial charge in [-0.25, -0.2) is 9.38 Å². The van der Waals surface area contributed by atoms with Gasteiger partial charge in [0, 0.05) is 10.4 Å². The van der Waals surface area contributed by atoms with E-state index in [2.05, 4.69) is 12.1 Å². The molecule has 6 heteroatoms. The summed E-state index contributed by atoms with van der Waals surface area (Å²) in [4.78, 5) is 20.2. The van der Waals surface area contributed by atoms with Crippen LogP contribution in [0.5, 0.6) is 0 Å². The Morgan fingerprint density at radius 2 is 1.97 bits per heavy atom. The predicted octanol–water partition coefficient (Wildman–Crippen LogP) is 4.52. The van der Waals surface area contributed by atoms with Crippen LogP contribution in [0.1, 0.15) is 34.0 Å².